The molecule has 6 heteroatoms. The number of rotatable bonds is 6. The standard InChI is InChI=1S/C27H25NO5/c1-4-33-21-13-11-20(12-14-21)28-24(18-8-5-7-17(2)15-18)23(26(30)27(28)31)25(29)19-9-6-10-22(16-19)32-3/h5-16,24,29H,4H2,1-3H3/b25-23-. The van der Waals surface area contributed by atoms with Crippen molar-refractivity contribution in [3.63, 3.8) is 0 Å². The molecule has 1 heterocycles. The van der Waals surface area contributed by atoms with Crippen LogP contribution in [0.1, 0.15) is 29.7 Å². The van der Waals surface area contributed by atoms with Crippen molar-refractivity contribution in [3.05, 3.63) is 95.1 Å². The molecule has 1 atom stereocenters. The highest BCUT2D eigenvalue weighted by Gasteiger charge is 2.47. The summed E-state index contributed by atoms with van der Waals surface area (Å²) in [5.74, 6) is -0.480. The third kappa shape index (κ3) is 4.20. The van der Waals surface area contributed by atoms with Crippen LogP contribution in [0, 0.1) is 6.92 Å². The quantitative estimate of drug-likeness (QED) is 0.329. The summed E-state index contributed by atoms with van der Waals surface area (Å²) in [5, 5.41) is 11.2. The molecule has 1 fully saturated rings. The minimum absolute atomic E-state index is 0.0349. The van der Waals surface area contributed by atoms with Crippen LogP contribution in [0.25, 0.3) is 5.76 Å². The number of methoxy groups -OCH3 is 1. The molecule has 0 aliphatic carbocycles. The summed E-state index contributed by atoms with van der Waals surface area (Å²) in [5.41, 5.74) is 2.68. The third-order valence-electron chi connectivity index (χ3n) is 5.57. The molecule has 1 aliphatic heterocycles. The molecule has 0 aromatic heterocycles. The molecule has 168 valence electrons. The normalized spacial score (nSPS) is 17.3. The van der Waals surface area contributed by atoms with Crippen LogP contribution in [0.15, 0.2) is 78.4 Å². The minimum Gasteiger partial charge on any atom is -0.507 e. The van der Waals surface area contributed by atoms with Crippen molar-refractivity contribution in [3.8, 4) is 11.5 Å². The topological polar surface area (TPSA) is 76.1 Å². The lowest BCUT2D eigenvalue weighted by Crippen LogP contribution is -2.29. The van der Waals surface area contributed by atoms with Crippen molar-refractivity contribution in [2.24, 2.45) is 0 Å². The van der Waals surface area contributed by atoms with Crippen LogP contribution in [-0.4, -0.2) is 30.5 Å². The van der Waals surface area contributed by atoms with Crippen LogP contribution < -0.4 is 14.4 Å². The molecule has 0 saturated carbocycles. The first kappa shape index (κ1) is 22.1. The Hall–Kier alpha value is -4.06. The van der Waals surface area contributed by atoms with Crippen LogP contribution >= 0.6 is 0 Å². The van der Waals surface area contributed by atoms with Gasteiger partial charge in [-0.05, 0) is 55.8 Å². The molecule has 1 amide bonds. The van der Waals surface area contributed by atoms with E-state index in [0.717, 1.165) is 11.1 Å². The lowest BCUT2D eigenvalue weighted by atomic mass is 9.94. The summed E-state index contributed by atoms with van der Waals surface area (Å²) in [6.07, 6.45) is 0. The molecule has 1 N–H and O–H groups in total. The Kier molecular flexibility index (Phi) is 6.18. The van der Waals surface area contributed by atoms with Gasteiger partial charge in [-0.2, -0.15) is 0 Å². The molecule has 1 saturated heterocycles. The van der Waals surface area contributed by atoms with Crippen molar-refractivity contribution in [2.75, 3.05) is 18.6 Å². The predicted octanol–water partition coefficient (Wildman–Crippen LogP) is 5.03. The Labute approximate surface area is 192 Å². The van der Waals surface area contributed by atoms with Crippen molar-refractivity contribution < 1.29 is 24.2 Å². The van der Waals surface area contributed by atoms with E-state index in [0.29, 0.717) is 29.4 Å². The smallest absolute Gasteiger partial charge is 0.300 e. The number of aliphatic hydroxyl groups is 1. The van der Waals surface area contributed by atoms with Gasteiger partial charge in [0, 0.05) is 11.3 Å². The van der Waals surface area contributed by atoms with E-state index in [1.165, 1.54) is 12.0 Å². The number of ketones is 1. The summed E-state index contributed by atoms with van der Waals surface area (Å²) in [4.78, 5) is 27.9. The van der Waals surface area contributed by atoms with E-state index in [2.05, 4.69) is 0 Å². The zero-order chi connectivity index (χ0) is 23.5. The second-order valence-corrected chi connectivity index (χ2v) is 7.74. The van der Waals surface area contributed by atoms with E-state index in [1.807, 2.05) is 38.1 Å². The second kappa shape index (κ2) is 9.20. The number of hydrogen-bond donors (Lipinski definition) is 1. The maximum Gasteiger partial charge on any atom is 0.300 e. The summed E-state index contributed by atoms with van der Waals surface area (Å²) in [6, 6.07) is 20.6. The maximum atomic E-state index is 13.2. The number of carbonyl (C=O) groups excluding carboxylic acids is 2. The van der Waals surface area contributed by atoms with Crippen molar-refractivity contribution in [1.29, 1.82) is 0 Å². The first-order chi connectivity index (χ1) is 15.9. The van der Waals surface area contributed by atoms with Crippen molar-refractivity contribution >= 4 is 23.1 Å². The van der Waals surface area contributed by atoms with E-state index < -0.39 is 17.7 Å². The predicted molar refractivity (Wildman–Crippen MR) is 127 cm³/mol. The van der Waals surface area contributed by atoms with Gasteiger partial charge < -0.3 is 14.6 Å². The van der Waals surface area contributed by atoms with Gasteiger partial charge in [0.15, 0.2) is 0 Å². The number of anilines is 1. The fraction of sp³-hybridized carbons (Fsp3) is 0.185. The molecule has 1 unspecified atom stereocenters. The van der Waals surface area contributed by atoms with Crippen LogP contribution in [0.4, 0.5) is 5.69 Å². The monoisotopic (exact) mass is 443 g/mol. The first-order valence-corrected chi connectivity index (χ1v) is 10.7. The third-order valence-corrected chi connectivity index (χ3v) is 5.57. The van der Waals surface area contributed by atoms with Gasteiger partial charge in [-0.3, -0.25) is 14.5 Å². The van der Waals surface area contributed by atoms with Crippen molar-refractivity contribution in [2.45, 2.75) is 19.9 Å². The number of ether oxygens (including phenoxy) is 2. The van der Waals surface area contributed by atoms with Crippen LogP contribution in [0.2, 0.25) is 0 Å². The molecule has 1 aliphatic rings. The number of nitrogens with zero attached hydrogens (tertiary/aromatic N) is 1. The lowest BCUT2D eigenvalue weighted by molar-refractivity contribution is -0.132. The largest absolute Gasteiger partial charge is 0.507 e. The van der Waals surface area contributed by atoms with Gasteiger partial charge in [-0.1, -0.05) is 42.0 Å². The van der Waals surface area contributed by atoms with Gasteiger partial charge >= 0.3 is 0 Å². The Morgan fingerprint density at radius 1 is 0.970 bits per heavy atom. The summed E-state index contributed by atoms with van der Waals surface area (Å²) in [6.45, 7) is 4.35. The molecule has 33 heavy (non-hydrogen) atoms. The average molecular weight is 443 g/mol. The summed E-state index contributed by atoms with van der Waals surface area (Å²) >= 11 is 0. The molecule has 0 radical (unpaired) electrons. The van der Waals surface area contributed by atoms with E-state index in [4.69, 9.17) is 9.47 Å². The van der Waals surface area contributed by atoms with Crippen LogP contribution in [0.5, 0.6) is 11.5 Å². The Morgan fingerprint density at radius 2 is 1.70 bits per heavy atom. The zero-order valence-electron chi connectivity index (χ0n) is 18.7. The molecular formula is C27H25NO5. The molecule has 0 bridgehead atoms. The van der Waals surface area contributed by atoms with E-state index in [9.17, 15) is 14.7 Å². The number of carbonyl (C=O) groups is 2. The van der Waals surface area contributed by atoms with Gasteiger partial charge in [-0.15, -0.1) is 0 Å². The highest BCUT2D eigenvalue weighted by Crippen LogP contribution is 2.42. The molecule has 3 aromatic rings. The molecule has 4 rings (SSSR count). The van der Waals surface area contributed by atoms with Crippen LogP contribution in [0.3, 0.4) is 0 Å². The highest BCUT2D eigenvalue weighted by molar-refractivity contribution is 6.51. The van der Waals surface area contributed by atoms with Gasteiger partial charge in [-0.25, -0.2) is 0 Å². The number of amides is 1. The van der Waals surface area contributed by atoms with E-state index in [-0.39, 0.29) is 11.3 Å². The second-order valence-electron chi connectivity index (χ2n) is 7.74. The molecule has 0 spiro atoms. The first-order valence-electron chi connectivity index (χ1n) is 10.7. The number of aryl methyl sites for hydroxylation is 1. The maximum absolute atomic E-state index is 13.2. The zero-order valence-corrected chi connectivity index (χ0v) is 18.7. The minimum atomic E-state index is -0.783. The fourth-order valence-electron chi connectivity index (χ4n) is 4.05. The Morgan fingerprint density at radius 3 is 2.36 bits per heavy atom. The van der Waals surface area contributed by atoms with E-state index in [1.54, 1.807) is 48.5 Å². The van der Waals surface area contributed by atoms with Gasteiger partial charge in [0.25, 0.3) is 11.7 Å². The molecule has 3 aromatic carbocycles. The molecular weight excluding hydrogens is 418 g/mol. The van der Waals surface area contributed by atoms with Gasteiger partial charge in [0.1, 0.15) is 17.3 Å². The summed E-state index contributed by atoms with van der Waals surface area (Å²) in [7, 11) is 1.52. The van der Waals surface area contributed by atoms with E-state index >= 15 is 0 Å². The number of aliphatic hydroxyl groups excluding tert-OH is 1. The molecule has 6 nitrogen and oxygen atoms in total. The number of Topliss-reactive ketones (excluding diaryl/α,β-unsaturated/α-hetero) is 1. The average Bonchev–Trinajstić information content (AvgIpc) is 3.10. The Bertz CT molecular complexity index is 1230. The highest BCUT2D eigenvalue weighted by atomic mass is 16.5. The number of hydrogen-bond acceptors (Lipinski definition) is 5. The fourth-order valence-corrected chi connectivity index (χ4v) is 4.05. The Balaban J connectivity index is 1.90. The van der Waals surface area contributed by atoms with Gasteiger partial charge in [0.05, 0.1) is 25.3 Å². The lowest BCUT2D eigenvalue weighted by Gasteiger charge is -2.26. The van der Waals surface area contributed by atoms with Gasteiger partial charge in [0.2, 0.25) is 0 Å². The number of benzene rings is 3. The van der Waals surface area contributed by atoms with Crippen LogP contribution in [-0.2, 0) is 9.59 Å². The summed E-state index contributed by atoms with van der Waals surface area (Å²) < 4.78 is 10.8. The SMILES string of the molecule is CCOc1ccc(N2C(=O)C(=O)/C(=C(\O)c3cccc(OC)c3)C2c2cccc(C)c2)cc1. The van der Waals surface area contributed by atoms with Crippen molar-refractivity contribution in [1.82, 2.24) is 0 Å².